The molecule has 0 rings (SSSR count). The van der Waals surface area contributed by atoms with Crippen LogP contribution >= 0.6 is 0 Å². The lowest BCUT2D eigenvalue weighted by molar-refractivity contribution is 0.514. The molecule has 0 saturated heterocycles. The minimum Gasteiger partial charge on any atom is -0.759 e. The Morgan fingerprint density at radius 3 is 2.45 bits per heavy atom. The first kappa shape index (κ1) is 10.9. The summed E-state index contributed by atoms with van der Waals surface area (Å²) in [5, 5.41) is 0. The van der Waals surface area contributed by atoms with Crippen LogP contribution < -0.4 is 15.4 Å². The molecular formula is C2H8N3O4S2-. The summed E-state index contributed by atoms with van der Waals surface area (Å²) < 4.78 is 40.8. The second-order valence-electron chi connectivity index (χ2n) is 1.55. The van der Waals surface area contributed by atoms with Gasteiger partial charge < -0.3 is 10.3 Å². The van der Waals surface area contributed by atoms with Crippen molar-refractivity contribution in [3.05, 3.63) is 0 Å². The average Bonchev–Trinajstić information content (AvgIpc) is 1.84. The molecule has 68 valence electrons. The molecule has 0 heterocycles. The SMILES string of the molecule is NCCS(=O)(=O)NNS(=O)[O-]. The molecule has 0 aliphatic rings. The van der Waals surface area contributed by atoms with Gasteiger partial charge in [0.25, 0.3) is 0 Å². The Kier molecular flexibility index (Phi) is 4.72. The van der Waals surface area contributed by atoms with Gasteiger partial charge in [-0.2, -0.15) is 4.83 Å². The lowest BCUT2D eigenvalue weighted by Gasteiger charge is -2.08. The van der Waals surface area contributed by atoms with E-state index in [1.54, 1.807) is 4.83 Å². The van der Waals surface area contributed by atoms with Gasteiger partial charge in [-0.05, 0) is 0 Å². The molecule has 1 atom stereocenters. The van der Waals surface area contributed by atoms with Crippen LogP contribution in [0.15, 0.2) is 0 Å². The Bertz CT molecular complexity index is 223. The van der Waals surface area contributed by atoms with Crippen LogP contribution in [0.1, 0.15) is 0 Å². The molecule has 7 nitrogen and oxygen atoms in total. The summed E-state index contributed by atoms with van der Waals surface area (Å²) >= 11 is -2.65. The van der Waals surface area contributed by atoms with Crippen molar-refractivity contribution in [3.63, 3.8) is 0 Å². The van der Waals surface area contributed by atoms with Crippen molar-refractivity contribution in [3.8, 4) is 0 Å². The zero-order valence-electron chi connectivity index (χ0n) is 5.44. The molecule has 11 heavy (non-hydrogen) atoms. The van der Waals surface area contributed by atoms with Gasteiger partial charge in [0.2, 0.25) is 10.0 Å². The van der Waals surface area contributed by atoms with Gasteiger partial charge in [0.1, 0.15) is 0 Å². The molecule has 0 aliphatic carbocycles. The zero-order chi connectivity index (χ0) is 8.91. The van der Waals surface area contributed by atoms with E-state index in [-0.39, 0.29) is 12.3 Å². The zero-order valence-corrected chi connectivity index (χ0v) is 7.07. The molecule has 0 aromatic carbocycles. The van der Waals surface area contributed by atoms with Crippen LogP contribution in [0.3, 0.4) is 0 Å². The highest BCUT2D eigenvalue weighted by Gasteiger charge is 2.06. The molecule has 0 aliphatic heterocycles. The van der Waals surface area contributed by atoms with Crippen molar-refractivity contribution in [2.75, 3.05) is 12.3 Å². The molecule has 0 aromatic rings. The Hall–Kier alpha value is -0.0600. The van der Waals surface area contributed by atoms with E-state index in [1.165, 1.54) is 4.83 Å². The maximum atomic E-state index is 10.6. The highest BCUT2D eigenvalue weighted by Crippen LogP contribution is 1.77. The number of nitrogens with one attached hydrogen (secondary N) is 2. The quantitative estimate of drug-likeness (QED) is 0.327. The monoisotopic (exact) mass is 202 g/mol. The smallest absolute Gasteiger partial charge is 0.226 e. The van der Waals surface area contributed by atoms with E-state index in [4.69, 9.17) is 5.73 Å². The second-order valence-corrected chi connectivity index (χ2v) is 4.06. The van der Waals surface area contributed by atoms with E-state index in [9.17, 15) is 17.2 Å². The number of hydrogen-bond acceptors (Lipinski definition) is 5. The van der Waals surface area contributed by atoms with Crippen molar-refractivity contribution < 1.29 is 17.2 Å². The first-order valence-corrected chi connectivity index (χ1v) is 5.25. The van der Waals surface area contributed by atoms with Crippen LogP contribution in [0.4, 0.5) is 0 Å². The Morgan fingerprint density at radius 2 is 2.09 bits per heavy atom. The van der Waals surface area contributed by atoms with Gasteiger partial charge in [-0.15, -0.1) is 4.83 Å². The molecule has 0 fully saturated rings. The largest absolute Gasteiger partial charge is 0.759 e. The number of hydrazine groups is 1. The van der Waals surface area contributed by atoms with E-state index < -0.39 is 21.3 Å². The highest BCUT2D eigenvalue weighted by molar-refractivity contribution is 7.90. The summed E-state index contributed by atoms with van der Waals surface area (Å²) in [6.45, 7) is -0.0670. The summed E-state index contributed by atoms with van der Waals surface area (Å²) in [7, 11) is -3.61. The molecule has 0 aromatic heterocycles. The fraction of sp³-hybridized carbons (Fsp3) is 1.00. The standard InChI is InChI=1S/C2H9N3O4S2/c3-1-2-11(8,9)5-4-10(6)7/h4-5H,1-3H2,(H,6,7)/p-1. The van der Waals surface area contributed by atoms with Crippen LogP contribution in [0.2, 0.25) is 0 Å². The minimum absolute atomic E-state index is 0.0670. The molecule has 0 spiro atoms. The number of rotatable bonds is 5. The fourth-order valence-electron chi connectivity index (χ4n) is 0.304. The van der Waals surface area contributed by atoms with E-state index in [2.05, 4.69) is 0 Å². The summed E-state index contributed by atoms with van der Waals surface area (Å²) in [4.78, 5) is 3.08. The van der Waals surface area contributed by atoms with E-state index in [0.717, 1.165) is 0 Å². The molecule has 0 radical (unpaired) electrons. The molecule has 0 saturated carbocycles. The maximum absolute atomic E-state index is 10.6. The fourth-order valence-corrected chi connectivity index (χ4v) is 1.50. The third-order valence-corrected chi connectivity index (χ3v) is 2.25. The first-order valence-electron chi connectivity index (χ1n) is 2.52. The van der Waals surface area contributed by atoms with Gasteiger partial charge in [-0.25, -0.2) is 8.42 Å². The summed E-state index contributed by atoms with van der Waals surface area (Å²) in [6, 6.07) is 0. The van der Waals surface area contributed by atoms with Gasteiger partial charge in [0.15, 0.2) is 0 Å². The van der Waals surface area contributed by atoms with Gasteiger partial charge in [-0.1, -0.05) is 0 Å². The lowest BCUT2D eigenvalue weighted by Crippen LogP contribution is -2.41. The van der Waals surface area contributed by atoms with Gasteiger partial charge in [0.05, 0.1) is 5.75 Å². The first-order chi connectivity index (χ1) is 4.98. The minimum atomic E-state index is -3.61. The topological polar surface area (TPSA) is 124 Å². The van der Waals surface area contributed by atoms with Crippen LogP contribution in [0, 0.1) is 0 Å². The summed E-state index contributed by atoms with van der Waals surface area (Å²) in [5.74, 6) is -0.322. The molecule has 0 bridgehead atoms. The van der Waals surface area contributed by atoms with Crippen LogP contribution in [-0.4, -0.2) is 29.5 Å². The lowest BCUT2D eigenvalue weighted by atomic mass is 10.8. The molecule has 1 unspecified atom stereocenters. The van der Waals surface area contributed by atoms with Crippen molar-refractivity contribution in [1.29, 1.82) is 0 Å². The van der Waals surface area contributed by atoms with Crippen LogP contribution in [0.25, 0.3) is 0 Å². The predicted molar refractivity (Wildman–Crippen MR) is 38.0 cm³/mol. The summed E-state index contributed by atoms with van der Waals surface area (Å²) in [5.41, 5.74) is 4.92. The Labute approximate surface area is 66.8 Å². The molecule has 0 amide bonds. The van der Waals surface area contributed by atoms with Crippen LogP contribution in [-0.2, 0) is 21.3 Å². The van der Waals surface area contributed by atoms with Crippen molar-refractivity contribution >= 4 is 21.3 Å². The van der Waals surface area contributed by atoms with Gasteiger partial charge in [0, 0.05) is 17.8 Å². The number of sulfonamides is 1. The second kappa shape index (κ2) is 4.74. The highest BCUT2D eigenvalue weighted by atomic mass is 32.2. The van der Waals surface area contributed by atoms with Crippen molar-refractivity contribution in [2.45, 2.75) is 0 Å². The summed E-state index contributed by atoms with van der Waals surface area (Å²) in [6.07, 6.45) is 0. The van der Waals surface area contributed by atoms with Gasteiger partial charge >= 0.3 is 0 Å². The molecule has 4 N–H and O–H groups in total. The normalized spacial score (nSPS) is 14.7. The average molecular weight is 202 g/mol. The van der Waals surface area contributed by atoms with Crippen molar-refractivity contribution in [1.82, 2.24) is 9.66 Å². The van der Waals surface area contributed by atoms with Crippen molar-refractivity contribution in [2.24, 2.45) is 5.73 Å². The van der Waals surface area contributed by atoms with E-state index in [0.29, 0.717) is 0 Å². The molecule has 9 heteroatoms. The van der Waals surface area contributed by atoms with E-state index in [1.807, 2.05) is 0 Å². The third-order valence-electron chi connectivity index (χ3n) is 0.667. The Balaban J connectivity index is 3.84. The maximum Gasteiger partial charge on any atom is 0.226 e. The Morgan fingerprint density at radius 1 is 1.55 bits per heavy atom. The van der Waals surface area contributed by atoms with E-state index >= 15 is 0 Å². The third kappa shape index (κ3) is 6.34. The van der Waals surface area contributed by atoms with Crippen LogP contribution in [0.5, 0.6) is 0 Å². The predicted octanol–water partition coefficient (Wildman–Crippen LogP) is -2.84. The molecular weight excluding hydrogens is 194 g/mol. The number of hydrogen-bond donors (Lipinski definition) is 3. The number of nitrogens with two attached hydrogens (primary N) is 1. The van der Waals surface area contributed by atoms with Gasteiger partial charge in [-0.3, -0.25) is 4.21 Å².